The van der Waals surface area contributed by atoms with Crippen LogP contribution in [-0.2, 0) is 0 Å². The Morgan fingerprint density at radius 1 is 0.333 bits per heavy atom. The first-order valence-electron chi connectivity index (χ1n) is 15.5. The van der Waals surface area contributed by atoms with Gasteiger partial charge in [-0.1, -0.05) is 103 Å². The molecule has 3 aromatic heterocycles. The van der Waals surface area contributed by atoms with E-state index in [9.17, 15) is 0 Å². The average molecular weight is 573 g/mol. The highest BCUT2D eigenvalue weighted by atomic mass is 16.3. The zero-order chi connectivity index (χ0) is 29.2. The van der Waals surface area contributed by atoms with Gasteiger partial charge in [-0.2, -0.15) is 0 Å². The normalized spacial score (nSPS) is 12.4. The van der Waals surface area contributed by atoms with Gasteiger partial charge in [0.25, 0.3) is 0 Å². The molecule has 0 unspecified atom stereocenters. The molecule has 0 spiro atoms. The van der Waals surface area contributed by atoms with Crippen LogP contribution in [0.5, 0.6) is 0 Å². The van der Waals surface area contributed by atoms with E-state index in [-0.39, 0.29) is 0 Å². The highest BCUT2D eigenvalue weighted by Crippen LogP contribution is 2.46. The summed E-state index contributed by atoms with van der Waals surface area (Å²) in [5, 5.41) is 12.3. The minimum Gasteiger partial charge on any atom is -0.456 e. The third kappa shape index (κ3) is 2.90. The van der Waals surface area contributed by atoms with Crippen LogP contribution < -0.4 is 0 Å². The Morgan fingerprint density at radius 3 is 1.56 bits per heavy atom. The molecule has 3 heteroatoms. The molecule has 11 aromatic rings. The van der Waals surface area contributed by atoms with Crippen molar-refractivity contribution in [1.82, 2.24) is 9.13 Å². The van der Waals surface area contributed by atoms with Gasteiger partial charge < -0.3 is 13.6 Å². The molecule has 0 bridgehead atoms. The fourth-order valence-electron chi connectivity index (χ4n) is 8.06. The summed E-state index contributed by atoms with van der Waals surface area (Å²) in [4.78, 5) is 0. The molecular weight excluding hydrogens is 548 g/mol. The third-order valence-electron chi connectivity index (χ3n) is 9.83. The molecule has 8 aromatic carbocycles. The van der Waals surface area contributed by atoms with Gasteiger partial charge in [0.1, 0.15) is 11.2 Å². The smallest absolute Gasteiger partial charge is 0.138 e. The van der Waals surface area contributed by atoms with E-state index < -0.39 is 0 Å². The van der Waals surface area contributed by atoms with Crippen molar-refractivity contribution in [2.24, 2.45) is 0 Å². The summed E-state index contributed by atoms with van der Waals surface area (Å²) >= 11 is 0. The van der Waals surface area contributed by atoms with Crippen molar-refractivity contribution in [1.29, 1.82) is 0 Å². The Balaban J connectivity index is 1.39. The summed E-state index contributed by atoms with van der Waals surface area (Å²) in [7, 11) is 0. The third-order valence-corrected chi connectivity index (χ3v) is 9.83. The Kier molecular flexibility index (Phi) is 4.32. The fraction of sp³-hybridized carbons (Fsp3) is 0. The van der Waals surface area contributed by atoms with Crippen molar-refractivity contribution in [3.63, 3.8) is 0 Å². The number of furan rings is 1. The van der Waals surface area contributed by atoms with Crippen molar-refractivity contribution < 1.29 is 4.42 Å². The summed E-state index contributed by atoms with van der Waals surface area (Å²) < 4.78 is 11.6. The number of fused-ring (bicyclic) bond motifs is 10. The Hall–Kier alpha value is -6.06. The maximum atomic E-state index is 6.66. The van der Waals surface area contributed by atoms with Gasteiger partial charge in [-0.05, 0) is 57.9 Å². The van der Waals surface area contributed by atoms with Gasteiger partial charge in [0.05, 0.1) is 27.8 Å². The van der Waals surface area contributed by atoms with Gasteiger partial charge in [-0.15, -0.1) is 0 Å². The molecule has 0 radical (unpaired) electrons. The highest BCUT2D eigenvalue weighted by molar-refractivity contribution is 6.33. The predicted octanol–water partition coefficient (Wildman–Crippen LogP) is 11.5. The molecule has 0 aliphatic carbocycles. The Bertz CT molecular complexity index is 2970. The van der Waals surface area contributed by atoms with Crippen LogP contribution in [0.4, 0.5) is 0 Å². The first kappa shape index (κ1) is 23.4. The van der Waals surface area contributed by atoms with Gasteiger partial charge >= 0.3 is 0 Å². The summed E-state index contributed by atoms with van der Waals surface area (Å²) in [6.45, 7) is 0. The minimum atomic E-state index is 0.918. The molecule has 0 saturated heterocycles. The summed E-state index contributed by atoms with van der Waals surface area (Å²) in [6.07, 6.45) is 0. The van der Waals surface area contributed by atoms with Gasteiger partial charge in [0.2, 0.25) is 0 Å². The molecule has 0 fully saturated rings. The molecule has 0 aliphatic rings. The predicted molar refractivity (Wildman–Crippen MR) is 189 cm³/mol. The van der Waals surface area contributed by atoms with Crippen LogP contribution in [0.3, 0.4) is 0 Å². The first-order chi connectivity index (χ1) is 22.3. The summed E-state index contributed by atoms with van der Waals surface area (Å²) in [5.41, 5.74) is 8.88. The molecule has 3 heterocycles. The van der Waals surface area contributed by atoms with E-state index in [1.165, 1.54) is 75.9 Å². The molecule has 0 saturated carbocycles. The lowest BCUT2D eigenvalue weighted by atomic mass is 9.94. The van der Waals surface area contributed by atoms with Crippen LogP contribution in [0.2, 0.25) is 0 Å². The zero-order valence-corrected chi connectivity index (χ0v) is 24.2. The second-order valence-corrected chi connectivity index (χ2v) is 12.1. The van der Waals surface area contributed by atoms with E-state index in [0.29, 0.717) is 0 Å². The number of hydrogen-bond donors (Lipinski definition) is 0. The lowest BCUT2D eigenvalue weighted by molar-refractivity contribution is 0.669. The molecule has 0 atom stereocenters. The lowest BCUT2D eigenvalue weighted by Gasteiger charge is -2.14. The molecule has 0 N–H and O–H groups in total. The second kappa shape index (κ2) is 8.31. The number of nitrogens with zero attached hydrogens (tertiary/aromatic N) is 2. The maximum absolute atomic E-state index is 6.66. The topological polar surface area (TPSA) is 23.0 Å². The van der Waals surface area contributed by atoms with Gasteiger partial charge in [0, 0.05) is 44.1 Å². The van der Waals surface area contributed by atoms with Crippen molar-refractivity contribution in [3.8, 4) is 11.4 Å². The van der Waals surface area contributed by atoms with E-state index in [0.717, 1.165) is 22.5 Å². The van der Waals surface area contributed by atoms with E-state index in [2.05, 4.69) is 155 Å². The molecule has 45 heavy (non-hydrogen) atoms. The SMILES string of the molecule is c1ccc(-n2c3ccccc3c3ccc4c5ccccc5n(-c5cc6oc7cccc8c9ccccc9c(c5)c6c78)c4c32)cc1. The van der Waals surface area contributed by atoms with Crippen molar-refractivity contribution in [2.75, 3.05) is 0 Å². The van der Waals surface area contributed by atoms with Crippen LogP contribution in [0, 0.1) is 0 Å². The van der Waals surface area contributed by atoms with Gasteiger partial charge in [-0.25, -0.2) is 0 Å². The minimum absolute atomic E-state index is 0.918. The van der Waals surface area contributed by atoms with Crippen LogP contribution in [-0.4, -0.2) is 9.13 Å². The van der Waals surface area contributed by atoms with Crippen LogP contribution in [0.15, 0.2) is 150 Å². The largest absolute Gasteiger partial charge is 0.456 e. The summed E-state index contributed by atoms with van der Waals surface area (Å²) in [6, 6.07) is 52.7. The monoisotopic (exact) mass is 572 g/mol. The van der Waals surface area contributed by atoms with E-state index in [4.69, 9.17) is 4.42 Å². The number of para-hydroxylation sites is 3. The van der Waals surface area contributed by atoms with Gasteiger partial charge in [-0.3, -0.25) is 0 Å². The Morgan fingerprint density at radius 2 is 0.867 bits per heavy atom. The Labute approximate surface area is 257 Å². The molecule has 0 amide bonds. The number of rotatable bonds is 2. The van der Waals surface area contributed by atoms with Crippen molar-refractivity contribution >= 4 is 87.1 Å². The molecule has 208 valence electrons. The van der Waals surface area contributed by atoms with Crippen LogP contribution in [0.25, 0.3) is 98.5 Å². The van der Waals surface area contributed by atoms with E-state index in [1.54, 1.807) is 0 Å². The van der Waals surface area contributed by atoms with E-state index >= 15 is 0 Å². The average Bonchev–Trinajstić information content (AvgIpc) is 3.76. The second-order valence-electron chi connectivity index (χ2n) is 12.1. The first-order valence-corrected chi connectivity index (χ1v) is 15.5. The lowest BCUT2D eigenvalue weighted by Crippen LogP contribution is -1.99. The van der Waals surface area contributed by atoms with Crippen LogP contribution >= 0.6 is 0 Å². The summed E-state index contributed by atoms with van der Waals surface area (Å²) in [5.74, 6) is 0. The van der Waals surface area contributed by atoms with Crippen molar-refractivity contribution in [3.05, 3.63) is 146 Å². The molecule has 11 rings (SSSR count). The number of aromatic nitrogens is 2. The molecule has 0 aliphatic heterocycles. The standard InChI is InChI=1S/C42H24N2O/c1-2-11-25(12-3-1)43-35-18-8-6-15-29(35)32-21-22-33-30-16-7-9-19-36(30)44(42(33)41(32)43)26-23-34-28-14-5-4-13-27(28)31-17-10-20-37-39(31)40(34)38(24-26)45-37/h1-24H. The van der Waals surface area contributed by atoms with E-state index in [1.807, 2.05) is 0 Å². The fourth-order valence-corrected chi connectivity index (χ4v) is 8.06. The maximum Gasteiger partial charge on any atom is 0.138 e. The molecular formula is C42H24N2O. The quantitative estimate of drug-likeness (QED) is 0.189. The molecule has 3 nitrogen and oxygen atoms in total. The van der Waals surface area contributed by atoms with Gasteiger partial charge in [0.15, 0.2) is 0 Å². The van der Waals surface area contributed by atoms with Crippen molar-refractivity contribution in [2.45, 2.75) is 0 Å². The van der Waals surface area contributed by atoms with Crippen LogP contribution in [0.1, 0.15) is 0 Å². The zero-order valence-electron chi connectivity index (χ0n) is 24.2. The number of hydrogen-bond acceptors (Lipinski definition) is 1. The highest BCUT2D eigenvalue weighted by Gasteiger charge is 2.23. The number of benzene rings is 8.